The number of aliphatic hydroxyl groups is 1. The molecule has 3 rings (SSSR count). The zero-order chi connectivity index (χ0) is 13.2. The van der Waals surface area contributed by atoms with E-state index in [1.54, 1.807) is 0 Å². The lowest BCUT2D eigenvalue weighted by Crippen LogP contribution is -2.42. The zero-order valence-corrected chi connectivity index (χ0v) is 11.0. The molecule has 2 atom stereocenters. The largest absolute Gasteiger partial charge is 0.491 e. The van der Waals surface area contributed by atoms with Gasteiger partial charge in [-0.2, -0.15) is 0 Å². The molecule has 2 aliphatic rings. The second-order valence-corrected chi connectivity index (χ2v) is 5.09. The minimum Gasteiger partial charge on any atom is -0.491 e. The highest BCUT2D eigenvalue weighted by molar-refractivity contribution is 5.44. The number of fused-ring (bicyclic) bond motifs is 1. The number of likely N-dealkylation sites (N-methyl/N-ethyl adjacent to an activating group) is 1. The first-order valence-corrected chi connectivity index (χ1v) is 6.60. The molecule has 5 heteroatoms. The quantitative estimate of drug-likeness (QED) is 0.877. The number of nitrogens with zero attached hydrogens (tertiary/aromatic N) is 1. The van der Waals surface area contributed by atoms with E-state index in [0.717, 1.165) is 31.0 Å². The van der Waals surface area contributed by atoms with Crippen LogP contribution in [0.1, 0.15) is 11.7 Å². The van der Waals surface area contributed by atoms with E-state index in [0.29, 0.717) is 19.0 Å². The number of hydrogen-bond acceptors (Lipinski definition) is 5. The van der Waals surface area contributed by atoms with Gasteiger partial charge in [0, 0.05) is 24.7 Å². The van der Waals surface area contributed by atoms with Gasteiger partial charge in [-0.1, -0.05) is 0 Å². The molecule has 0 amide bonds. The van der Waals surface area contributed by atoms with Crippen LogP contribution < -0.4 is 9.47 Å². The number of aliphatic hydroxyl groups excluding tert-OH is 1. The van der Waals surface area contributed by atoms with Crippen molar-refractivity contribution >= 4 is 0 Å². The first kappa shape index (κ1) is 12.7. The van der Waals surface area contributed by atoms with Crippen LogP contribution in [0, 0.1) is 0 Å². The molecule has 0 aliphatic carbocycles. The summed E-state index contributed by atoms with van der Waals surface area (Å²) < 4.78 is 16.8. The molecule has 19 heavy (non-hydrogen) atoms. The molecule has 2 unspecified atom stereocenters. The van der Waals surface area contributed by atoms with Crippen LogP contribution in [0.25, 0.3) is 0 Å². The molecule has 1 saturated heterocycles. The van der Waals surface area contributed by atoms with Gasteiger partial charge >= 0.3 is 0 Å². The van der Waals surface area contributed by atoms with Crippen molar-refractivity contribution in [1.29, 1.82) is 0 Å². The Hall–Kier alpha value is -1.30. The summed E-state index contributed by atoms with van der Waals surface area (Å²) in [5.41, 5.74) is 0.834. The van der Waals surface area contributed by atoms with Crippen molar-refractivity contribution in [2.45, 2.75) is 12.2 Å². The number of ether oxygens (including phenoxy) is 3. The minimum absolute atomic E-state index is 0.110. The van der Waals surface area contributed by atoms with Crippen LogP contribution in [0.5, 0.6) is 11.5 Å². The van der Waals surface area contributed by atoms with Crippen LogP contribution in [0.2, 0.25) is 0 Å². The first-order chi connectivity index (χ1) is 9.22. The summed E-state index contributed by atoms with van der Waals surface area (Å²) >= 11 is 0. The summed E-state index contributed by atoms with van der Waals surface area (Å²) in [4.78, 5) is 2.24. The highest BCUT2D eigenvalue weighted by Gasteiger charge is 2.23. The van der Waals surface area contributed by atoms with E-state index in [1.165, 1.54) is 0 Å². The zero-order valence-electron chi connectivity index (χ0n) is 11.0. The molecule has 2 heterocycles. The van der Waals surface area contributed by atoms with Crippen LogP contribution >= 0.6 is 0 Å². The smallest absolute Gasteiger partial charge is 0.129 e. The van der Waals surface area contributed by atoms with Crippen LogP contribution in [-0.2, 0) is 4.74 Å². The molecule has 0 aromatic heterocycles. The van der Waals surface area contributed by atoms with Crippen molar-refractivity contribution in [3.63, 3.8) is 0 Å². The van der Waals surface area contributed by atoms with Gasteiger partial charge in [0.25, 0.3) is 0 Å². The molecular weight excluding hydrogens is 246 g/mol. The summed E-state index contributed by atoms with van der Waals surface area (Å²) in [7, 11) is 2.08. The van der Waals surface area contributed by atoms with Crippen LogP contribution in [0.15, 0.2) is 18.2 Å². The van der Waals surface area contributed by atoms with Gasteiger partial charge in [-0.3, -0.25) is 0 Å². The van der Waals surface area contributed by atoms with Gasteiger partial charge < -0.3 is 24.2 Å². The Morgan fingerprint density at radius 3 is 3.21 bits per heavy atom. The fourth-order valence-electron chi connectivity index (χ4n) is 2.42. The average molecular weight is 265 g/mol. The molecule has 0 radical (unpaired) electrons. The molecule has 1 aromatic rings. The van der Waals surface area contributed by atoms with Crippen LogP contribution in [0.3, 0.4) is 0 Å². The SMILES string of the molecule is CN1CCOC(COc2ccc3c(c2)OCC3O)C1. The van der Waals surface area contributed by atoms with E-state index in [-0.39, 0.29) is 6.10 Å². The summed E-state index contributed by atoms with van der Waals surface area (Å²) in [5.74, 6) is 1.47. The van der Waals surface area contributed by atoms with E-state index < -0.39 is 6.10 Å². The third-order valence-electron chi connectivity index (χ3n) is 3.52. The van der Waals surface area contributed by atoms with Gasteiger partial charge in [-0.05, 0) is 19.2 Å². The lowest BCUT2D eigenvalue weighted by Gasteiger charge is -2.29. The lowest BCUT2D eigenvalue weighted by molar-refractivity contribution is -0.0403. The molecule has 1 fully saturated rings. The van der Waals surface area contributed by atoms with Gasteiger partial charge in [-0.15, -0.1) is 0 Å². The second kappa shape index (κ2) is 5.36. The van der Waals surface area contributed by atoms with Crippen molar-refractivity contribution in [3.05, 3.63) is 23.8 Å². The van der Waals surface area contributed by atoms with Gasteiger partial charge in [0.15, 0.2) is 0 Å². The van der Waals surface area contributed by atoms with Crippen molar-refractivity contribution in [3.8, 4) is 11.5 Å². The third kappa shape index (κ3) is 2.83. The summed E-state index contributed by atoms with van der Waals surface area (Å²) in [6.45, 7) is 3.48. The molecule has 0 bridgehead atoms. The number of benzene rings is 1. The monoisotopic (exact) mass is 265 g/mol. The molecule has 1 N–H and O–H groups in total. The minimum atomic E-state index is -0.514. The molecule has 2 aliphatic heterocycles. The Balaban J connectivity index is 1.58. The number of morpholine rings is 1. The highest BCUT2D eigenvalue weighted by atomic mass is 16.5. The molecule has 1 aromatic carbocycles. The molecule has 104 valence electrons. The molecule has 5 nitrogen and oxygen atoms in total. The van der Waals surface area contributed by atoms with Gasteiger partial charge in [0.05, 0.1) is 6.61 Å². The van der Waals surface area contributed by atoms with Gasteiger partial charge in [0.2, 0.25) is 0 Å². The van der Waals surface area contributed by atoms with Crippen molar-refractivity contribution < 1.29 is 19.3 Å². The lowest BCUT2D eigenvalue weighted by atomic mass is 10.1. The fraction of sp³-hybridized carbons (Fsp3) is 0.571. The predicted molar refractivity (Wildman–Crippen MR) is 69.6 cm³/mol. The molecular formula is C14H19NO4. The fourth-order valence-corrected chi connectivity index (χ4v) is 2.42. The van der Waals surface area contributed by atoms with E-state index in [4.69, 9.17) is 14.2 Å². The second-order valence-electron chi connectivity index (χ2n) is 5.09. The van der Waals surface area contributed by atoms with Gasteiger partial charge in [0.1, 0.15) is 36.9 Å². The standard InChI is InChI=1S/C14H19NO4/c1-15-4-5-17-11(7-15)8-18-10-2-3-12-13(16)9-19-14(12)6-10/h2-3,6,11,13,16H,4-5,7-9H2,1H3. The maximum absolute atomic E-state index is 9.64. The van der Waals surface area contributed by atoms with Crippen molar-refractivity contribution in [1.82, 2.24) is 4.90 Å². The summed E-state index contributed by atoms with van der Waals surface area (Å²) in [6.07, 6.45) is -0.405. The van der Waals surface area contributed by atoms with E-state index in [9.17, 15) is 5.11 Å². The predicted octanol–water partition coefficient (Wildman–Crippen LogP) is 0.822. The van der Waals surface area contributed by atoms with E-state index in [2.05, 4.69) is 11.9 Å². The Morgan fingerprint density at radius 2 is 2.37 bits per heavy atom. The summed E-state index contributed by atoms with van der Waals surface area (Å²) in [6, 6.07) is 5.55. The Kier molecular flexibility index (Phi) is 3.59. The molecule has 0 saturated carbocycles. The first-order valence-electron chi connectivity index (χ1n) is 6.60. The highest BCUT2D eigenvalue weighted by Crippen LogP contribution is 2.35. The normalized spacial score (nSPS) is 26.8. The Bertz CT molecular complexity index is 451. The Labute approximate surface area is 112 Å². The maximum atomic E-state index is 9.64. The third-order valence-corrected chi connectivity index (χ3v) is 3.52. The van der Waals surface area contributed by atoms with E-state index >= 15 is 0 Å². The van der Waals surface area contributed by atoms with Crippen molar-refractivity contribution in [2.75, 3.05) is 40.0 Å². The Morgan fingerprint density at radius 1 is 1.47 bits per heavy atom. The number of rotatable bonds is 3. The maximum Gasteiger partial charge on any atom is 0.129 e. The van der Waals surface area contributed by atoms with Gasteiger partial charge in [-0.25, -0.2) is 0 Å². The van der Waals surface area contributed by atoms with Crippen LogP contribution in [-0.4, -0.2) is 56.1 Å². The average Bonchev–Trinajstić information content (AvgIpc) is 2.78. The van der Waals surface area contributed by atoms with Crippen molar-refractivity contribution in [2.24, 2.45) is 0 Å². The molecule has 0 spiro atoms. The van der Waals surface area contributed by atoms with Crippen LogP contribution in [0.4, 0.5) is 0 Å². The topological polar surface area (TPSA) is 51.2 Å². The van der Waals surface area contributed by atoms with E-state index in [1.807, 2.05) is 18.2 Å². The number of hydrogen-bond donors (Lipinski definition) is 1. The summed E-state index contributed by atoms with van der Waals surface area (Å²) in [5, 5.41) is 9.64.